The molecule has 1 heterocycles. The van der Waals surface area contributed by atoms with Gasteiger partial charge in [0.25, 0.3) is 11.8 Å². The molecule has 22 heteroatoms. The van der Waals surface area contributed by atoms with E-state index in [0.717, 1.165) is 12.1 Å². The first-order chi connectivity index (χ1) is 30.1. The fourth-order valence-electron chi connectivity index (χ4n) is 5.52. The Kier molecular flexibility index (Phi) is 22.7. The summed E-state index contributed by atoms with van der Waals surface area (Å²) in [4.78, 5) is 71.0. The molecule has 342 valence electrons. The van der Waals surface area contributed by atoms with E-state index in [0.29, 0.717) is 21.8 Å². The number of carboxylic acids is 1. The average molecular weight is 1020 g/mol. The minimum absolute atomic E-state index is 0.0637. The zero-order valence-electron chi connectivity index (χ0n) is 35.2. The Morgan fingerprint density at radius 2 is 1.27 bits per heavy atom. The topological polar surface area (TPSA) is 250 Å². The third kappa shape index (κ3) is 18.1. The molecule has 0 fully saturated rings. The monoisotopic (exact) mass is 1020 g/mol. The summed E-state index contributed by atoms with van der Waals surface area (Å²) in [5.74, 6) is -6.39. The maximum absolute atomic E-state index is 13.4. The summed E-state index contributed by atoms with van der Waals surface area (Å²) in [6.07, 6.45) is 3.51. The van der Waals surface area contributed by atoms with Crippen molar-refractivity contribution < 1.29 is 67.1 Å². The fourth-order valence-corrected chi connectivity index (χ4v) is 6.38. The summed E-state index contributed by atoms with van der Waals surface area (Å²) >= 11 is 6.30. The molecule has 0 aliphatic carbocycles. The molecule has 2 atom stereocenters. The number of halogens is 4. The molecule has 4 rings (SSSR count). The number of allylic oxidation sites excluding steroid dienone is 1. The highest BCUT2D eigenvalue weighted by Crippen LogP contribution is 2.23. The lowest BCUT2D eigenvalue weighted by molar-refractivity contribution is -0.133. The molecular weight excluding hydrogens is 972 g/mol. The van der Waals surface area contributed by atoms with E-state index < -0.39 is 73.3 Å². The van der Waals surface area contributed by atoms with Gasteiger partial charge in [0.1, 0.15) is 28.7 Å². The summed E-state index contributed by atoms with van der Waals surface area (Å²) in [6.45, 7) is 14.1. The maximum Gasteiger partial charge on any atom is 0.620 e. The fraction of sp³-hybridized carbons (Fsp3) is 0.286. The van der Waals surface area contributed by atoms with E-state index in [2.05, 4.69) is 66.3 Å². The van der Waals surface area contributed by atoms with Crippen LogP contribution in [0.3, 0.4) is 0 Å². The number of phenols is 1. The second kappa shape index (κ2) is 26.7. The van der Waals surface area contributed by atoms with Crippen LogP contribution in [0.15, 0.2) is 106 Å². The zero-order valence-corrected chi connectivity index (χ0v) is 38.4. The number of hydrogen-bond acceptors (Lipinski definition) is 11. The lowest BCUT2D eigenvalue weighted by atomic mass is 9.72. The smallest absolute Gasteiger partial charge is 0.524 e. The van der Waals surface area contributed by atoms with Gasteiger partial charge in [-0.05, 0) is 111 Å². The van der Waals surface area contributed by atoms with Crippen LogP contribution < -0.4 is 21.3 Å². The van der Waals surface area contributed by atoms with E-state index in [-0.39, 0.29) is 58.7 Å². The van der Waals surface area contributed by atoms with Gasteiger partial charge in [-0.25, -0.2) is 18.4 Å². The molecule has 0 aromatic heterocycles. The summed E-state index contributed by atoms with van der Waals surface area (Å²) in [6, 6.07) is 13.1. The summed E-state index contributed by atoms with van der Waals surface area (Å²) in [5.41, 5.74) is 0.212. The number of aromatic carboxylic acids is 1. The van der Waals surface area contributed by atoms with E-state index in [4.69, 9.17) is 19.5 Å². The first-order valence-electron chi connectivity index (χ1n) is 19.4. The molecule has 0 spiro atoms. The van der Waals surface area contributed by atoms with Crippen LogP contribution in [-0.4, -0.2) is 95.0 Å². The number of benzene rings is 3. The Morgan fingerprint density at radius 1 is 0.766 bits per heavy atom. The molecule has 1 aliphatic heterocycles. The number of nitrogens with one attached hydrogen (secondary N) is 4. The van der Waals surface area contributed by atoms with E-state index in [1.165, 1.54) is 48.6 Å². The Bertz CT molecular complexity index is 2210. The van der Waals surface area contributed by atoms with Crippen LogP contribution in [-0.2, 0) is 23.7 Å². The van der Waals surface area contributed by atoms with Crippen molar-refractivity contribution >= 4 is 81.7 Å². The minimum atomic E-state index is -1.69. The van der Waals surface area contributed by atoms with Gasteiger partial charge in [-0.2, -0.15) is 0 Å². The Morgan fingerprint density at radius 3 is 1.69 bits per heavy atom. The van der Waals surface area contributed by atoms with Crippen LogP contribution in [0.5, 0.6) is 5.75 Å². The molecule has 3 aromatic carbocycles. The van der Waals surface area contributed by atoms with Gasteiger partial charge in [-0.3, -0.25) is 19.2 Å². The number of para-hydroxylation sites is 1. The van der Waals surface area contributed by atoms with Crippen LogP contribution in [0, 0.1) is 23.5 Å². The van der Waals surface area contributed by atoms with Crippen molar-refractivity contribution in [1.82, 2.24) is 21.3 Å². The van der Waals surface area contributed by atoms with Crippen molar-refractivity contribution in [3.05, 3.63) is 135 Å². The standard InChI is InChI=1S/C21H23BBrFN2O5.C14H19BBrFN2O4.C7H6O3/c1-5-14-17(6-2)30-22(31-21(14)29)18(9-12(3)4)26-19(27)11-25-20(28)15-10-13(24)7-8-16(15)23;1-8(2)5-12(15(22)23)19-13(20)7-18-14(21)10-6-9(17)3-4-11(10)16;8-6-4-2-1-3-5(6)7(9)10/h5-8,10,12,18H,1-2,9,11H2,3-4H3,(H,25,28)(H,26,27);3-4,6,8,12,22-23H,5,7H2,1-2H3,(H,18,21)(H,19,20);1-4,8H,(H,9,10)/t18-;12-;/m00./s1. The summed E-state index contributed by atoms with van der Waals surface area (Å²) in [5, 5.41) is 45.7. The van der Waals surface area contributed by atoms with Crippen molar-refractivity contribution in [3.8, 4) is 5.75 Å². The van der Waals surface area contributed by atoms with Crippen LogP contribution in [0.2, 0.25) is 0 Å². The molecule has 64 heavy (non-hydrogen) atoms. The van der Waals surface area contributed by atoms with Crippen molar-refractivity contribution in [1.29, 1.82) is 0 Å². The molecule has 0 radical (unpaired) electrons. The SMILES string of the molecule is C=CC1=C(C=C)C(=O)OB([C@H](CC(C)C)NC(=O)CNC(=O)c2cc(F)ccc2Br)O1.CC(C)C[C@H](NC(=O)CNC(=O)c1cc(F)ccc1Br)B(O)O.O=C(O)c1ccccc1O. The quantitative estimate of drug-likeness (QED) is 0.0831. The van der Waals surface area contributed by atoms with Crippen LogP contribution in [0.1, 0.15) is 71.6 Å². The average Bonchev–Trinajstić information content (AvgIpc) is 3.23. The molecule has 0 bridgehead atoms. The second-order valence-corrected chi connectivity index (χ2v) is 16.2. The van der Waals surface area contributed by atoms with Gasteiger partial charge in [0.15, 0.2) is 0 Å². The Hall–Kier alpha value is -5.83. The molecular formula is C42H48B2Br2F2N4O12. The van der Waals surface area contributed by atoms with Crippen molar-refractivity contribution in [3.63, 3.8) is 0 Å². The predicted octanol–water partition coefficient (Wildman–Crippen LogP) is 5.03. The van der Waals surface area contributed by atoms with Crippen molar-refractivity contribution in [2.24, 2.45) is 11.8 Å². The molecule has 0 saturated carbocycles. The van der Waals surface area contributed by atoms with Gasteiger partial charge in [-0.15, -0.1) is 0 Å². The molecule has 16 nitrogen and oxygen atoms in total. The molecule has 3 aromatic rings. The third-order valence-corrected chi connectivity index (χ3v) is 9.86. The Balaban J connectivity index is 0.000000372. The van der Waals surface area contributed by atoms with Crippen LogP contribution in [0.4, 0.5) is 8.78 Å². The molecule has 4 amide bonds. The number of amides is 4. The van der Waals surface area contributed by atoms with Crippen molar-refractivity contribution in [2.75, 3.05) is 13.1 Å². The lowest BCUT2D eigenvalue weighted by Gasteiger charge is -2.29. The van der Waals surface area contributed by atoms with Crippen LogP contribution >= 0.6 is 31.9 Å². The normalized spacial score (nSPS) is 12.8. The van der Waals surface area contributed by atoms with E-state index in [1.54, 1.807) is 12.1 Å². The molecule has 0 unspecified atom stereocenters. The summed E-state index contributed by atoms with van der Waals surface area (Å²) < 4.78 is 38.4. The number of carbonyl (C=O) groups excluding carboxylic acids is 5. The molecule has 1 aliphatic rings. The number of carbonyl (C=O) groups is 6. The zero-order chi connectivity index (χ0) is 48.3. The first kappa shape index (κ1) is 54.3. The molecule has 8 N–H and O–H groups in total. The van der Waals surface area contributed by atoms with E-state index >= 15 is 0 Å². The highest BCUT2D eigenvalue weighted by Gasteiger charge is 2.42. The first-order valence-corrected chi connectivity index (χ1v) is 21.0. The lowest BCUT2D eigenvalue weighted by Crippen LogP contribution is -2.54. The van der Waals surface area contributed by atoms with Gasteiger partial charge in [0.2, 0.25) is 11.8 Å². The maximum atomic E-state index is 13.4. The van der Waals surface area contributed by atoms with Gasteiger partial charge in [0.05, 0.1) is 41.7 Å². The largest absolute Gasteiger partial charge is 0.620 e. The van der Waals surface area contributed by atoms with Gasteiger partial charge in [-0.1, -0.05) is 59.1 Å². The van der Waals surface area contributed by atoms with Crippen LogP contribution in [0.25, 0.3) is 0 Å². The number of carboxylic acid groups (broad SMARTS) is 1. The minimum Gasteiger partial charge on any atom is -0.524 e. The van der Waals surface area contributed by atoms with Crippen molar-refractivity contribution in [2.45, 2.75) is 52.4 Å². The second-order valence-electron chi connectivity index (χ2n) is 14.5. The number of rotatable bonds is 17. The summed E-state index contributed by atoms with van der Waals surface area (Å²) in [7, 11) is -2.75. The van der Waals surface area contributed by atoms with Gasteiger partial charge >= 0.3 is 26.2 Å². The van der Waals surface area contributed by atoms with Gasteiger partial charge < -0.3 is 50.8 Å². The van der Waals surface area contributed by atoms with Gasteiger partial charge in [0, 0.05) is 8.95 Å². The highest BCUT2D eigenvalue weighted by molar-refractivity contribution is 9.10. The van der Waals surface area contributed by atoms with E-state index in [9.17, 15) is 47.6 Å². The number of hydrogen-bond donors (Lipinski definition) is 8. The number of aromatic hydroxyl groups is 1. The predicted molar refractivity (Wildman–Crippen MR) is 241 cm³/mol. The highest BCUT2D eigenvalue weighted by atomic mass is 79.9. The van der Waals surface area contributed by atoms with E-state index in [1.807, 2.05) is 27.7 Å². The third-order valence-electron chi connectivity index (χ3n) is 8.47. The Labute approximate surface area is 386 Å². The molecule has 0 saturated heterocycles.